The highest BCUT2D eigenvalue weighted by atomic mass is 32.2. The van der Waals surface area contributed by atoms with Crippen molar-refractivity contribution in [2.75, 3.05) is 7.05 Å². The zero-order valence-corrected chi connectivity index (χ0v) is 17.4. The molecule has 30 heavy (non-hydrogen) atoms. The molecule has 0 aromatic heterocycles. The van der Waals surface area contributed by atoms with Crippen molar-refractivity contribution in [1.29, 1.82) is 0 Å². The summed E-state index contributed by atoms with van der Waals surface area (Å²) >= 11 is 0. The molecular weight excluding hydrogens is 412 g/mol. The van der Waals surface area contributed by atoms with Crippen molar-refractivity contribution < 1.29 is 22.9 Å². The fourth-order valence-corrected chi connectivity index (χ4v) is 3.34. The largest absolute Gasteiger partial charge is 0.341 e. The maximum atomic E-state index is 12.7. The fraction of sp³-hybridized carbons (Fsp3) is 0.263. The number of nitro groups is 1. The van der Waals surface area contributed by atoms with Crippen molar-refractivity contribution in [2.45, 2.75) is 30.8 Å². The summed E-state index contributed by atoms with van der Waals surface area (Å²) in [5.41, 5.74) is 0.372. The van der Waals surface area contributed by atoms with Gasteiger partial charge < -0.3 is 10.2 Å². The predicted octanol–water partition coefficient (Wildman–Crippen LogP) is 1.58. The molecule has 0 aliphatic rings. The standard InChI is InChI=1S/C19H22N4O6S/c1-12(21-18(24)15-7-4-8-16(10-15)23(26)27)19(25)22(3)13(2)14-6-5-9-17(11-14)30(20,28)29/h4-13H,1-3H3,(H,21,24)(H2,20,28,29). The molecule has 0 aliphatic carbocycles. The summed E-state index contributed by atoms with van der Waals surface area (Å²) in [6, 6.07) is 9.67. The van der Waals surface area contributed by atoms with E-state index in [0.29, 0.717) is 5.56 Å². The zero-order chi connectivity index (χ0) is 22.6. The summed E-state index contributed by atoms with van der Waals surface area (Å²) in [5, 5.41) is 18.5. The quantitative estimate of drug-likeness (QED) is 0.498. The second kappa shape index (κ2) is 9.01. The molecule has 2 unspecified atom stereocenters. The highest BCUT2D eigenvalue weighted by Gasteiger charge is 2.25. The number of primary sulfonamides is 1. The third-order valence-electron chi connectivity index (χ3n) is 4.63. The monoisotopic (exact) mass is 434 g/mol. The SMILES string of the molecule is CC(NC(=O)c1cccc([N+](=O)[O-])c1)C(=O)N(C)C(C)c1cccc(S(N)(=O)=O)c1. The van der Waals surface area contributed by atoms with Crippen LogP contribution in [0, 0.1) is 10.1 Å². The number of carbonyl (C=O) groups excluding carboxylic acids is 2. The number of non-ortho nitro benzene ring substituents is 1. The lowest BCUT2D eigenvalue weighted by Crippen LogP contribution is -2.46. The van der Waals surface area contributed by atoms with Gasteiger partial charge in [-0.3, -0.25) is 19.7 Å². The number of benzene rings is 2. The van der Waals surface area contributed by atoms with Crippen LogP contribution in [0.1, 0.15) is 35.8 Å². The van der Waals surface area contributed by atoms with Crippen LogP contribution in [0.4, 0.5) is 5.69 Å². The Balaban J connectivity index is 2.12. The minimum Gasteiger partial charge on any atom is -0.341 e. The Kier molecular flexibility index (Phi) is 6.90. The summed E-state index contributed by atoms with van der Waals surface area (Å²) in [6.45, 7) is 3.19. The third kappa shape index (κ3) is 5.39. The fourth-order valence-electron chi connectivity index (χ4n) is 2.77. The molecule has 0 fully saturated rings. The molecule has 2 aromatic rings. The molecule has 0 saturated carbocycles. The van der Waals surface area contributed by atoms with Crippen molar-refractivity contribution in [3.8, 4) is 0 Å². The van der Waals surface area contributed by atoms with Crippen LogP contribution in [0.25, 0.3) is 0 Å². The number of nitrogens with two attached hydrogens (primary N) is 1. The molecule has 10 nitrogen and oxygen atoms in total. The number of sulfonamides is 1. The molecule has 160 valence electrons. The Morgan fingerprint density at radius 2 is 1.77 bits per heavy atom. The van der Waals surface area contributed by atoms with Crippen molar-refractivity contribution >= 4 is 27.5 Å². The predicted molar refractivity (Wildman–Crippen MR) is 109 cm³/mol. The van der Waals surface area contributed by atoms with Gasteiger partial charge >= 0.3 is 0 Å². The summed E-state index contributed by atoms with van der Waals surface area (Å²) < 4.78 is 23.1. The molecule has 2 amide bonds. The Morgan fingerprint density at radius 1 is 1.13 bits per heavy atom. The van der Waals surface area contributed by atoms with Crippen molar-refractivity contribution in [3.05, 3.63) is 69.8 Å². The van der Waals surface area contributed by atoms with Crippen LogP contribution in [0.5, 0.6) is 0 Å². The normalized spacial score (nSPS) is 13.2. The molecule has 0 radical (unpaired) electrons. The minimum atomic E-state index is -3.89. The lowest BCUT2D eigenvalue weighted by Gasteiger charge is -2.28. The topological polar surface area (TPSA) is 153 Å². The van der Waals surface area contributed by atoms with Crippen LogP contribution in [0.2, 0.25) is 0 Å². The van der Waals surface area contributed by atoms with E-state index in [1.165, 1.54) is 55.3 Å². The van der Waals surface area contributed by atoms with E-state index in [0.717, 1.165) is 6.07 Å². The first-order chi connectivity index (χ1) is 13.9. The molecule has 2 aromatic carbocycles. The molecule has 2 atom stereocenters. The molecule has 0 saturated heterocycles. The van der Waals surface area contributed by atoms with Gasteiger partial charge in [-0.15, -0.1) is 0 Å². The van der Waals surface area contributed by atoms with Gasteiger partial charge in [-0.05, 0) is 37.6 Å². The molecule has 11 heteroatoms. The van der Waals surface area contributed by atoms with Gasteiger partial charge in [0.1, 0.15) is 6.04 Å². The molecule has 2 rings (SSSR count). The average molecular weight is 434 g/mol. The van der Waals surface area contributed by atoms with Crippen LogP contribution in [-0.2, 0) is 14.8 Å². The smallest absolute Gasteiger partial charge is 0.270 e. The number of carbonyl (C=O) groups is 2. The van der Waals surface area contributed by atoms with Crippen LogP contribution in [-0.4, -0.2) is 43.1 Å². The van der Waals surface area contributed by atoms with Gasteiger partial charge in [0.2, 0.25) is 15.9 Å². The zero-order valence-electron chi connectivity index (χ0n) is 16.6. The Morgan fingerprint density at radius 3 is 2.37 bits per heavy atom. The lowest BCUT2D eigenvalue weighted by molar-refractivity contribution is -0.384. The van der Waals surface area contributed by atoms with E-state index in [1.54, 1.807) is 13.0 Å². The molecular formula is C19H22N4O6S. The van der Waals surface area contributed by atoms with E-state index in [2.05, 4.69) is 5.32 Å². The number of nitrogens with zero attached hydrogens (tertiary/aromatic N) is 2. The van der Waals surface area contributed by atoms with Crippen LogP contribution in [0.3, 0.4) is 0 Å². The molecule has 0 bridgehead atoms. The average Bonchev–Trinajstić information content (AvgIpc) is 2.71. The molecule has 3 N–H and O–H groups in total. The van der Waals surface area contributed by atoms with Crippen LogP contribution >= 0.6 is 0 Å². The maximum Gasteiger partial charge on any atom is 0.270 e. The highest BCUT2D eigenvalue weighted by molar-refractivity contribution is 7.89. The molecule has 0 spiro atoms. The van der Waals surface area contributed by atoms with E-state index >= 15 is 0 Å². The summed E-state index contributed by atoms with van der Waals surface area (Å²) in [5.74, 6) is -1.06. The first-order valence-corrected chi connectivity index (χ1v) is 10.4. The first kappa shape index (κ1) is 23.0. The van der Waals surface area contributed by atoms with Crippen molar-refractivity contribution in [3.63, 3.8) is 0 Å². The van der Waals surface area contributed by atoms with Crippen LogP contribution < -0.4 is 10.5 Å². The van der Waals surface area contributed by atoms with E-state index in [4.69, 9.17) is 5.14 Å². The number of amides is 2. The van der Waals surface area contributed by atoms with E-state index in [9.17, 15) is 28.1 Å². The maximum absolute atomic E-state index is 12.7. The van der Waals surface area contributed by atoms with Crippen molar-refractivity contribution in [1.82, 2.24) is 10.2 Å². The first-order valence-electron chi connectivity index (χ1n) is 8.86. The highest BCUT2D eigenvalue weighted by Crippen LogP contribution is 2.22. The number of rotatable bonds is 7. The van der Waals surface area contributed by atoms with Crippen LogP contribution in [0.15, 0.2) is 53.4 Å². The third-order valence-corrected chi connectivity index (χ3v) is 5.55. The number of hydrogen-bond acceptors (Lipinski definition) is 6. The van der Waals surface area contributed by atoms with Gasteiger partial charge in [0.25, 0.3) is 11.6 Å². The van der Waals surface area contributed by atoms with Gasteiger partial charge in [-0.1, -0.05) is 18.2 Å². The second-order valence-electron chi connectivity index (χ2n) is 6.75. The Bertz CT molecular complexity index is 1090. The summed E-state index contributed by atoms with van der Waals surface area (Å²) in [6.07, 6.45) is 0. The van der Waals surface area contributed by atoms with Gasteiger partial charge in [-0.25, -0.2) is 13.6 Å². The van der Waals surface area contributed by atoms with Gasteiger partial charge in [0.15, 0.2) is 0 Å². The molecule has 0 heterocycles. The van der Waals surface area contributed by atoms with Gasteiger partial charge in [0, 0.05) is 24.7 Å². The number of nitrogens with one attached hydrogen (secondary N) is 1. The molecule has 0 aliphatic heterocycles. The number of nitro benzene ring substituents is 1. The Hall–Kier alpha value is -3.31. The van der Waals surface area contributed by atoms with E-state index < -0.39 is 38.8 Å². The summed E-state index contributed by atoms with van der Waals surface area (Å²) in [4.78, 5) is 36.6. The lowest BCUT2D eigenvalue weighted by atomic mass is 10.1. The van der Waals surface area contributed by atoms with E-state index in [-0.39, 0.29) is 16.1 Å². The second-order valence-corrected chi connectivity index (χ2v) is 8.31. The summed E-state index contributed by atoms with van der Waals surface area (Å²) in [7, 11) is -2.37. The van der Waals surface area contributed by atoms with Gasteiger partial charge in [-0.2, -0.15) is 0 Å². The minimum absolute atomic E-state index is 0.0559. The van der Waals surface area contributed by atoms with Gasteiger partial charge in [0.05, 0.1) is 15.9 Å². The Labute approximate surface area is 173 Å². The van der Waals surface area contributed by atoms with E-state index in [1.807, 2.05) is 0 Å². The number of likely N-dealkylation sites (N-methyl/N-ethyl adjacent to an activating group) is 1. The van der Waals surface area contributed by atoms with Crippen molar-refractivity contribution in [2.24, 2.45) is 5.14 Å². The number of hydrogen-bond donors (Lipinski definition) is 2.